The number of anilines is 1. The number of hydrogen-bond donors (Lipinski definition) is 1. The molecule has 0 aromatic carbocycles. The second-order valence-electron chi connectivity index (χ2n) is 5.19. The minimum Gasteiger partial charge on any atom is -0.397 e. The van der Waals surface area contributed by atoms with Crippen molar-refractivity contribution in [2.24, 2.45) is 5.92 Å². The third kappa shape index (κ3) is 2.47. The molecule has 4 nitrogen and oxygen atoms in total. The second-order valence-corrected chi connectivity index (χ2v) is 5.19. The van der Waals surface area contributed by atoms with E-state index in [4.69, 9.17) is 5.73 Å². The van der Waals surface area contributed by atoms with Crippen molar-refractivity contribution in [3.63, 3.8) is 0 Å². The minimum atomic E-state index is -0.0631. The predicted octanol–water partition coefficient (Wildman–Crippen LogP) is 2.31. The van der Waals surface area contributed by atoms with Crippen LogP contribution >= 0.6 is 0 Å². The molecule has 0 aliphatic heterocycles. The van der Waals surface area contributed by atoms with Crippen molar-refractivity contribution in [2.75, 3.05) is 12.8 Å². The van der Waals surface area contributed by atoms with Gasteiger partial charge in [-0.2, -0.15) is 0 Å². The molecule has 0 spiro atoms. The third-order valence-electron chi connectivity index (χ3n) is 3.93. The van der Waals surface area contributed by atoms with Crippen LogP contribution in [0, 0.1) is 5.92 Å². The van der Waals surface area contributed by atoms with Crippen molar-refractivity contribution in [3.05, 3.63) is 24.0 Å². The lowest BCUT2D eigenvalue weighted by molar-refractivity contribution is 0.0624. The maximum atomic E-state index is 12.4. The molecule has 2 N–H and O–H groups in total. The van der Waals surface area contributed by atoms with E-state index in [0.717, 1.165) is 6.42 Å². The standard InChI is InChI=1S/C14H21N3O/c1-10-6-3-4-8-12(10)17(2)14(18)13-11(15)7-5-9-16-13/h5,7,9-10,12H,3-4,6,8,15H2,1-2H3. The lowest BCUT2D eigenvalue weighted by Gasteiger charge is -2.36. The molecule has 1 amide bonds. The van der Waals surface area contributed by atoms with Gasteiger partial charge in [-0.25, -0.2) is 4.98 Å². The average molecular weight is 247 g/mol. The van der Waals surface area contributed by atoms with Gasteiger partial charge in [-0.1, -0.05) is 19.8 Å². The van der Waals surface area contributed by atoms with Gasteiger partial charge in [0.1, 0.15) is 0 Å². The number of nitrogen functional groups attached to an aromatic ring is 1. The first-order valence-electron chi connectivity index (χ1n) is 6.59. The summed E-state index contributed by atoms with van der Waals surface area (Å²) in [6.07, 6.45) is 6.35. The molecule has 1 aromatic heterocycles. The molecule has 4 heteroatoms. The van der Waals surface area contributed by atoms with Crippen LogP contribution in [0.1, 0.15) is 43.1 Å². The van der Waals surface area contributed by atoms with E-state index in [0.29, 0.717) is 23.3 Å². The Morgan fingerprint density at radius 2 is 2.17 bits per heavy atom. The number of carbonyl (C=O) groups excluding carboxylic acids is 1. The smallest absolute Gasteiger partial charge is 0.274 e. The van der Waals surface area contributed by atoms with Crippen LogP contribution in [0.5, 0.6) is 0 Å². The van der Waals surface area contributed by atoms with E-state index in [-0.39, 0.29) is 5.91 Å². The zero-order valence-corrected chi connectivity index (χ0v) is 11.1. The number of rotatable bonds is 2. The summed E-state index contributed by atoms with van der Waals surface area (Å²) in [6.45, 7) is 2.22. The summed E-state index contributed by atoms with van der Waals surface area (Å²) < 4.78 is 0. The quantitative estimate of drug-likeness (QED) is 0.872. The summed E-state index contributed by atoms with van der Waals surface area (Å²) in [5, 5.41) is 0. The fourth-order valence-corrected chi connectivity index (χ4v) is 2.79. The second kappa shape index (κ2) is 5.38. The zero-order chi connectivity index (χ0) is 13.1. The maximum absolute atomic E-state index is 12.4. The Bertz CT molecular complexity index is 433. The van der Waals surface area contributed by atoms with Gasteiger partial charge in [-0.15, -0.1) is 0 Å². The molecule has 1 heterocycles. The summed E-state index contributed by atoms with van der Waals surface area (Å²) in [5.41, 5.74) is 6.64. The van der Waals surface area contributed by atoms with Gasteiger partial charge in [-0.05, 0) is 30.9 Å². The predicted molar refractivity (Wildman–Crippen MR) is 72.2 cm³/mol. The number of nitrogens with zero attached hydrogens (tertiary/aromatic N) is 2. The van der Waals surface area contributed by atoms with Crippen molar-refractivity contribution in [1.82, 2.24) is 9.88 Å². The van der Waals surface area contributed by atoms with Crippen molar-refractivity contribution in [2.45, 2.75) is 38.6 Å². The first-order valence-corrected chi connectivity index (χ1v) is 6.59. The Morgan fingerprint density at radius 1 is 1.44 bits per heavy atom. The SMILES string of the molecule is CC1CCCCC1N(C)C(=O)c1ncccc1N. The molecule has 1 saturated carbocycles. The minimum absolute atomic E-state index is 0.0631. The van der Waals surface area contributed by atoms with Gasteiger partial charge in [0.15, 0.2) is 5.69 Å². The van der Waals surface area contributed by atoms with Crippen molar-refractivity contribution in [1.29, 1.82) is 0 Å². The van der Waals surface area contributed by atoms with Gasteiger partial charge in [0.05, 0.1) is 5.69 Å². The average Bonchev–Trinajstić information content (AvgIpc) is 2.38. The molecule has 0 radical (unpaired) electrons. The number of amides is 1. The molecule has 1 aliphatic rings. The fraction of sp³-hybridized carbons (Fsp3) is 0.571. The first kappa shape index (κ1) is 12.9. The Morgan fingerprint density at radius 3 is 2.83 bits per heavy atom. The lowest BCUT2D eigenvalue weighted by atomic mass is 9.85. The molecule has 2 atom stereocenters. The molecule has 2 unspecified atom stereocenters. The Balaban J connectivity index is 2.16. The van der Waals surface area contributed by atoms with Gasteiger partial charge in [0, 0.05) is 19.3 Å². The number of pyridine rings is 1. The van der Waals surface area contributed by atoms with Crippen LogP contribution in [0.25, 0.3) is 0 Å². The van der Waals surface area contributed by atoms with Crippen LogP contribution in [-0.4, -0.2) is 28.9 Å². The van der Waals surface area contributed by atoms with E-state index in [9.17, 15) is 4.79 Å². The van der Waals surface area contributed by atoms with Crippen LogP contribution in [0.3, 0.4) is 0 Å². The van der Waals surface area contributed by atoms with Gasteiger partial charge >= 0.3 is 0 Å². The van der Waals surface area contributed by atoms with E-state index < -0.39 is 0 Å². The highest BCUT2D eigenvalue weighted by Crippen LogP contribution is 2.28. The largest absolute Gasteiger partial charge is 0.397 e. The Hall–Kier alpha value is -1.58. The summed E-state index contributed by atoms with van der Waals surface area (Å²) in [7, 11) is 1.86. The number of hydrogen-bond acceptors (Lipinski definition) is 3. The molecule has 0 bridgehead atoms. The van der Waals surface area contributed by atoms with Crippen LogP contribution in [0.15, 0.2) is 18.3 Å². The monoisotopic (exact) mass is 247 g/mol. The molecular weight excluding hydrogens is 226 g/mol. The van der Waals surface area contributed by atoms with Crippen LogP contribution in [0.2, 0.25) is 0 Å². The summed E-state index contributed by atoms with van der Waals surface area (Å²) >= 11 is 0. The van der Waals surface area contributed by atoms with E-state index in [2.05, 4.69) is 11.9 Å². The highest BCUT2D eigenvalue weighted by Gasteiger charge is 2.29. The first-order chi connectivity index (χ1) is 8.61. The summed E-state index contributed by atoms with van der Waals surface area (Å²) in [5.74, 6) is 0.490. The van der Waals surface area contributed by atoms with E-state index in [1.54, 1.807) is 18.3 Å². The molecule has 98 valence electrons. The third-order valence-corrected chi connectivity index (χ3v) is 3.93. The fourth-order valence-electron chi connectivity index (χ4n) is 2.79. The molecular formula is C14H21N3O. The maximum Gasteiger partial charge on any atom is 0.274 e. The van der Waals surface area contributed by atoms with Gasteiger partial charge in [-0.3, -0.25) is 4.79 Å². The molecule has 1 aromatic rings. The molecule has 0 saturated heterocycles. The number of aromatic nitrogens is 1. The van der Waals surface area contributed by atoms with E-state index in [1.807, 2.05) is 11.9 Å². The van der Waals surface area contributed by atoms with Crippen molar-refractivity contribution in [3.8, 4) is 0 Å². The lowest BCUT2D eigenvalue weighted by Crippen LogP contribution is -2.43. The topological polar surface area (TPSA) is 59.2 Å². The van der Waals surface area contributed by atoms with Gasteiger partial charge < -0.3 is 10.6 Å². The Labute approximate surface area is 108 Å². The number of carbonyl (C=O) groups is 1. The van der Waals surface area contributed by atoms with Crippen LogP contribution in [0.4, 0.5) is 5.69 Å². The van der Waals surface area contributed by atoms with Crippen LogP contribution in [-0.2, 0) is 0 Å². The van der Waals surface area contributed by atoms with Crippen molar-refractivity contribution >= 4 is 11.6 Å². The van der Waals surface area contributed by atoms with Gasteiger partial charge in [0.25, 0.3) is 5.91 Å². The molecule has 1 fully saturated rings. The van der Waals surface area contributed by atoms with Gasteiger partial charge in [0.2, 0.25) is 0 Å². The molecule has 1 aliphatic carbocycles. The zero-order valence-electron chi connectivity index (χ0n) is 11.1. The normalized spacial score (nSPS) is 23.7. The summed E-state index contributed by atoms with van der Waals surface area (Å²) in [4.78, 5) is 18.3. The van der Waals surface area contributed by atoms with Crippen LogP contribution < -0.4 is 5.73 Å². The van der Waals surface area contributed by atoms with Crippen molar-refractivity contribution < 1.29 is 4.79 Å². The Kier molecular flexibility index (Phi) is 3.84. The molecule has 2 rings (SSSR count). The number of nitrogens with two attached hydrogens (primary N) is 1. The molecule has 18 heavy (non-hydrogen) atoms. The van der Waals surface area contributed by atoms with E-state index >= 15 is 0 Å². The summed E-state index contributed by atoms with van der Waals surface area (Å²) in [6, 6.07) is 3.78. The highest BCUT2D eigenvalue weighted by molar-refractivity contribution is 5.97. The highest BCUT2D eigenvalue weighted by atomic mass is 16.2. The van der Waals surface area contributed by atoms with E-state index in [1.165, 1.54) is 19.3 Å².